The molecule has 3 rings (SSSR count). The molecular weight excluding hydrogens is 268 g/mol. The Morgan fingerprint density at radius 3 is 2.29 bits per heavy atom. The Kier molecular flexibility index (Phi) is 3.44. The number of esters is 1. The van der Waals surface area contributed by atoms with Crippen molar-refractivity contribution in [3.05, 3.63) is 64.7 Å². The lowest BCUT2D eigenvalue weighted by Gasteiger charge is -2.06. The lowest BCUT2D eigenvalue weighted by atomic mass is 10.1. The second-order valence-corrected chi connectivity index (χ2v) is 5.06. The lowest BCUT2D eigenvalue weighted by molar-refractivity contribution is 0.0696. The molecule has 21 heavy (non-hydrogen) atoms. The molecule has 0 unspecified atom stereocenters. The Bertz CT molecular complexity index is 701. The van der Waals surface area contributed by atoms with Gasteiger partial charge in [0.25, 0.3) is 0 Å². The van der Waals surface area contributed by atoms with Crippen molar-refractivity contribution in [3.8, 4) is 5.75 Å². The highest BCUT2D eigenvalue weighted by atomic mass is 16.5. The summed E-state index contributed by atoms with van der Waals surface area (Å²) in [7, 11) is 0. The summed E-state index contributed by atoms with van der Waals surface area (Å²) in [5, 5.41) is 8.82. The van der Waals surface area contributed by atoms with Crippen molar-refractivity contribution in [2.75, 3.05) is 0 Å². The summed E-state index contributed by atoms with van der Waals surface area (Å²) in [6, 6.07) is 11.4. The fraction of sp³-hybridized carbons (Fsp3) is 0.176. The summed E-state index contributed by atoms with van der Waals surface area (Å²) in [5.74, 6) is -1.09. The quantitative estimate of drug-likeness (QED) is 0.694. The smallest absolute Gasteiger partial charge is 0.343 e. The van der Waals surface area contributed by atoms with Crippen molar-refractivity contribution in [1.82, 2.24) is 0 Å². The average Bonchev–Trinajstić information content (AvgIpc) is 2.95. The third-order valence-corrected chi connectivity index (χ3v) is 3.65. The summed E-state index contributed by atoms with van der Waals surface area (Å²) in [6.07, 6.45) is 3.20. The Morgan fingerprint density at radius 2 is 1.57 bits per heavy atom. The van der Waals surface area contributed by atoms with Crippen molar-refractivity contribution >= 4 is 11.9 Å². The minimum atomic E-state index is -1.01. The van der Waals surface area contributed by atoms with E-state index >= 15 is 0 Å². The fourth-order valence-corrected chi connectivity index (χ4v) is 2.53. The molecule has 2 aromatic rings. The number of aryl methyl sites for hydroxylation is 2. The second kappa shape index (κ2) is 5.40. The van der Waals surface area contributed by atoms with Crippen LogP contribution in [0.3, 0.4) is 0 Å². The Hall–Kier alpha value is -2.62. The third-order valence-electron chi connectivity index (χ3n) is 3.65. The standard InChI is InChI=1S/C17H14O4/c18-16(19)12-6-8-15(9-7-12)21-17(20)14-5-4-11-2-1-3-13(11)10-14/h4-10H,1-3H2,(H,18,19). The van der Waals surface area contributed by atoms with Gasteiger partial charge in [-0.05, 0) is 66.8 Å². The van der Waals surface area contributed by atoms with Crippen LogP contribution in [0.4, 0.5) is 0 Å². The van der Waals surface area contributed by atoms with Gasteiger partial charge in [0.05, 0.1) is 11.1 Å². The molecule has 0 atom stereocenters. The first-order valence-corrected chi connectivity index (χ1v) is 6.81. The topological polar surface area (TPSA) is 63.6 Å². The minimum Gasteiger partial charge on any atom is -0.478 e. The zero-order valence-electron chi connectivity index (χ0n) is 11.3. The van der Waals surface area contributed by atoms with Gasteiger partial charge < -0.3 is 9.84 Å². The van der Waals surface area contributed by atoms with Crippen LogP contribution in [-0.2, 0) is 12.8 Å². The lowest BCUT2D eigenvalue weighted by Crippen LogP contribution is -2.09. The Balaban J connectivity index is 1.75. The monoisotopic (exact) mass is 282 g/mol. The summed E-state index contributed by atoms with van der Waals surface area (Å²) < 4.78 is 5.26. The zero-order valence-corrected chi connectivity index (χ0v) is 11.3. The van der Waals surface area contributed by atoms with Crippen LogP contribution in [0, 0.1) is 0 Å². The number of carbonyl (C=O) groups is 2. The van der Waals surface area contributed by atoms with Crippen LogP contribution in [0.25, 0.3) is 0 Å². The summed E-state index contributed by atoms with van der Waals surface area (Å²) in [5.41, 5.74) is 3.20. The average molecular weight is 282 g/mol. The van der Waals surface area contributed by atoms with Crippen molar-refractivity contribution in [2.45, 2.75) is 19.3 Å². The SMILES string of the molecule is O=C(O)c1ccc(OC(=O)c2ccc3c(c2)CCC3)cc1. The van der Waals surface area contributed by atoms with Crippen LogP contribution in [-0.4, -0.2) is 17.0 Å². The van der Waals surface area contributed by atoms with Crippen LogP contribution in [0.2, 0.25) is 0 Å². The van der Waals surface area contributed by atoms with E-state index in [9.17, 15) is 9.59 Å². The van der Waals surface area contributed by atoms with Crippen molar-refractivity contribution in [3.63, 3.8) is 0 Å². The number of fused-ring (bicyclic) bond motifs is 1. The number of hydrogen-bond acceptors (Lipinski definition) is 3. The van der Waals surface area contributed by atoms with E-state index in [1.165, 1.54) is 35.4 Å². The molecule has 1 aliphatic rings. The van der Waals surface area contributed by atoms with Crippen LogP contribution in [0.1, 0.15) is 38.3 Å². The number of hydrogen-bond donors (Lipinski definition) is 1. The second-order valence-electron chi connectivity index (χ2n) is 5.06. The number of carboxylic acids is 1. The van der Waals surface area contributed by atoms with Gasteiger partial charge >= 0.3 is 11.9 Å². The van der Waals surface area contributed by atoms with Gasteiger partial charge in [-0.3, -0.25) is 0 Å². The van der Waals surface area contributed by atoms with E-state index < -0.39 is 11.9 Å². The molecule has 4 nitrogen and oxygen atoms in total. The molecule has 0 aliphatic heterocycles. The van der Waals surface area contributed by atoms with E-state index in [2.05, 4.69) is 0 Å². The largest absolute Gasteiger partial charge is 0.478 e. The maximum absolute atomic E-state index is 12.1. The summed E-state index contributed by atoms with van der Waals surface area (Å²) in [4.78, 5) is 22.9. The number of carbonyl (C=O) groups excluding carboxylic acids is 1. The first kappa shape index (κ1) is 13.4. The molecule has 1 N–H and O–H groups in total. The van der Waals surface area contributed by atoms with Gasteiger partial charge in [0.2, 0.25) is 0 Å². The van der Waals surface area contributed by atoms with E-state index in [0.717, 1.165) is 19.3 Å². The van der Waals surface area contributed by atoms with Gasteiger partial charge in [-0.25, -0.2) is 9.59 Å². The van der Waals surface area contributed by atoms with Gasteiger partial charge in [-0.2, -0.15) is 0 Å². The molecule has 0 saturated carbocycles. The molecule has 2 aromatic carbocycles. The van der Waals surface area contributed by atoms with Crippen LogP contribution >= 0.6 is 0 Å². The molecular formula is C17H14O4. The molecule has 0 heterocycles. The number of carboxylic acid groups (broad SMARTS) is 1. The highest BCUT2D eigenvalue weighted by molar-refractivity contribution is 5.92. The highest BCUT2D eigenvalue weighted by Gasteiger charge is 2.15. The summed E-state index contributed by atoms with van der Waals surface area (Å²) >= 11 is 0. The van der Waals surface area contributed by atoms with E-state index in [1.807, 2.05) is 12.1 Å². The predicted octanol–water partition coefficient (Wildman–Crippen LogP) is 3.09. The number of benzene rings is 2. The number of aromatic carboxylic acids is 1. The first-order chi connectivity index (χ1) is 10.1. The minimum absolute atomic E-state index is 0.160. The van der Waals surface area contributed by atoms with E-state index in [-0.39, 0.29) is 5.56 Å². The van der Waals surface area contributed by atoms with Crippen LogP contribution in [0.15, 0.2) is 42.5 Å². The molecule has 1 aliphatic carbocycles. The van der Waals surface area contributed by atoms with Crippen molar-refractivity contribution in [2.24, 2.45) is 0 Å². The fourth-order valence-electron chi connectivity index (χ4n) is 2.53. The molecule has 0 saturated heterocycles. The Morgan fingerprint density at radius 1 is 0.905 bits per heavy atom. The summed E-state index contributed by atoms with van der Waals surface area (Å²) in [6.45, 7) is 0. The molecule has 0 fully saturated rings. The normalized spacial score (nSPS) is 12.8. The Labute approximate surface area is 122 Å². The molecule has 4 heteroatoms. The number of rotatable bonds is 3. The van der Waals surface area contributed by atoms with Crippen molar-refractivity contribution in [1.29, 1.82) is 0 Å². The molecule has 106 valence electrons. The van der Waals surface area contributed by atoms with Gasteiger partial charge in [0.1, 0.15) is 5.75 Å². The van der Waals surface area contributed by atoms with E-state index in [4.69, 9.17) is 9.84 Å². The molecule has 0 spiro atoms. The van der Waals surface area contributed by atoms with Gasteiger partial charge in [0, 0.05) is 0 Å². The molecule has 0 radical (unpaired) electrons. The maximum Gasteiger partial charge on any atom is 0.343 e. The first-order valence-electron chi connectivity index (χ1n) is 6.81. The third kappa shape index (κ3) is 2.79. The molecule has 0 amide bonds. The molecule has 0 bridgehead atoms. The zero-order chi connectivity index (χ0) is 14.8. The van der Waals surface area contributed by atoms with E-state index in [0.29, 0.717) is 11.3 Å². The van der Waals surface area contributed by atoms with Gasteiger partial charge in [-0.1, -0.05) is 6.07 Å². The number of ether oxygens (including phenoxy) is 1. The van der Waals surface area contributed by atoms with Gasteiger partial charge in [-0.15, -0.1) is 0 Å². The van der Waals surface area contributed by atoms with Crippen LogP contribution < -0.4 is 4.74 Å². The van der Waals surface area contributed by atoms with E-state index in [1.54, 1.807) is 6.07 Å². The highest BCUT2D eigenvalue weighted by Crippen LogP contribution is 2.23. The van der Waals surface area contributed by atoms with Crippen LogP contribution in [0.5, 0.6) is 5.75 Å². The molecule has 0 aromatic heterocycles. The predicted molar refractivity (Wildman–Crippen MR) is 76.8 cm³/mol. The maximum atomic E-state index is 12.1. The van der Waals surface area contributed by atoms with Crippen molar-refractivity contribution < 1.29 is 19.4 Å². The van der Waals surface area contributed by atoms with Gasteiger partial charge in [0.15, 0.2) is 0 Å².